The third-order valence-corrected chi connectivity index (χ3v) is 6.57. The average Bonchev–Trinajstić information content (AvgIpc) is 3.35. The zero-order chi connectivity index (χ0) is 22.5. The Hall–Kier alpha value is -3.03. The van der Waals surface area contributed by atoms with E-state index in [0.29, 0.717) is 11.6 Å². The molecule has 0 spiro atoms. The van der Waals surface area contributed by atoms with Gasteiger partial charge in [-0.1, -0.05) is 30.3 Å². The Balaban J connectivity index is 1.56. The molecule has 0 unspecified atom stereocenters. The first-order valence-corrected chi connectivity index (χ1v) is 11.1. The molecule has 1 aliphatic heterocycles. The first-order chi connectivity index (χ1) is 15.6. The van der Waals surface area contributed by atoms with Gasteiger partial charge in [-0.2, -0.15) is 0 Å². The fourth-order valence-electron chi connectivity index (χ4n) is 4.90. The fraction of sp³-hybridized carbons (Fsp3) is 0.400. The Morgan fingerprint density at radius 3 is 2.69 bits per heavy atom. The summed E-state index contributed by atoms with van der Waals surface area (Å²) >= 11 is 0. The smallest absolute Gasteiger partial charge is 0.273 e. The molecule has 0 aliphatic carbocycles. The average molecular weight is 435 g/mol. The van der Waals surface area contributed by atoms with E-state index in [-0.39, 0.29) is 0 Å². The number of likely N-dealkylation sites (tertiary alicyclic amines) is 1. The van der Waals surface area contributed by atoms with Crippen LogP contribution in [0.25, 0.3) is 10.9 Å². The summed E-state index contributed by atoms with van der Waals surface area (Å²) in [5, 5.41) is 3.72. The predicted octanol–water partition coefficient (Wildman–Crippen LogP) is 4.06. The number of carbonyl (C=O) groups is 1. The molecule has 1 saturated heterocycles. The van der Waals surface area contributed by atoms with Crippen molar-refractivity contribution in [2.45, 2.75) is 38.8 Å². The van der Waals surface area contributed by atoms with Crippen molar-refractivity contribution < 1.29 is 9.53 Å². The van der Waals surface area contributed by atoms with Gasteiger partial charge >= 0.3 is 0 Å². The summed E-state index contributed by atoms with van der Waals surface area (Å²) in [5.41, 5.74) is 7.31. The van der Waals surface area contributed by atoms with Crippen molar-refractivity contribution in [1.82, 2.24) is 14.9 Å². The Morgan fingerprint density at radius 1 is 1.16 bits per heavy atom. The summed E-state index contributed by atoms with van der Waals surface area (Å²) in [6.45, 7) is 6.10. The second kappa shape index (κ2) is 10.1. The molecule has 1 N–H and O–H groups in total. The monoisotopic (exact) mass is 434 g/mol. The highest BCUT2D eigenvalue weighted by atomic mass is 16.5. The van der Waals surface area contributed by atoms with Gasteiger partial charge in [-0.05, 0) is 62.1 Å². The number of aromatic nitrogens is 1. The minimum atomic E-state index is -0.493. The number of ether oxygens (including phenoxy) is 1. The van der Waals surface area contributed by atoms with E-state index in [1.807, 2.05) is 17.6 Å². The summed E-state index contributed by atoms with van der Waals surface area (Å²) < 4.78 is 7.85. The van der Waals surface area contributed by atoms with Gasteiger partial charge in [-0.15, -0.1) is 4.91 Å². The Morgan fingerprint density at radius 2 is 1.94 bits per heavy atom. The summed E-state index contributed by atoms with van der Waals surface area (Å²) in [7, 11) is 1.78. The Bertz CT molecular complexity index is 1090. The number of nitrogens with zero attached hydrogens (tertiary/aromatic N) is 3. The highest BCUT2D eigenvalue weighted by Crippen LogP contribution is 2.29. The lowest BCUT2D eigenvalue weighted by atomic mass is 10.0. The van der Waals surface area contributed by atoms with Crippen LogP contribution in [0.1, 0.15) is 40.0 Å². The maximum atomic E-state index is 11.8. The van der Waals surface area contributed by atoms with Crippen molar-refractivity contribution in [3.63, 3.8) is 0 Å². The summed E-state index contributed by atoms with van der Waals surface area (Å²) in [5.74, 6) is -0.493. The number of nitrogens with one attached hydrogen (secondary N) is 1. The number of amides is 1. The molecule has 7 heteroatoms. The molecule has 1 aromatic heterocycles. The van der Waals surface area contributed by atoms with Crippen LogP contribution in [0.4, 0.5) is 0 Å². The van der Waals surface area contributed by atoms with Crippen molar-refractivity contribution in [3.8, 4) is 0 Å². The number of methoxy groups -OCH3 is 1. The third-order valence-electron chi connectivity index (χ3n) is 6.57. The molecule has 4 rings (SSSR count). The van der Waals surface area contributed by atoms with Gasteiger partial charge in [0.25, 0.3) is 5.91 Å². The van der Waals surface area contributed by atoms with Gasteiger partial charge in [0.2, 0.25) is 0 Å². The molecule has 1 amide bonds. The van der Waals surface area contributed by atoms with E-state index < -0.39 is 5.91 Å². The largest absolute Gasteiger partial charge is 0.383 e. The quantitative estimate of drug-likeness (QED) is 0.407. The van der Waals surface area contributed by atoms with Crippen molar-refractivity contribution >= 4 is 16.8 Å². The molecular formula is C25H30N4O3. The van der Waals surface area contributed by atoms with E-state index in [4.69, 9.17) is 4.74 Å². The van der Waals surface area contributed by atoms with Crippen LogP contribution in [0, 0.1) is 11.8 Å². The first kappa shape index (κ1) is 22.2. The summed E-state index contributed by atoms with van der Waals surface area (Å²) in [6.07, 6.45) is 3.23. The molecular weight excluding hydrogens is 404 g/mol. The molecule has 1 atom stereocenters. The van der Waals surface area contributed by atoms with Gasteiger partial charge < -0.3 is 9.30 Å². The zero-order valence-corrected chi connectivity index (χ0v) is 18.7. The molecule has 1 aliphatic rings. The lowest BCUT2D eigenvalue weighted by molar-refractivity contribution is 0.0954. The highest BCUT2D eigenvalue weighted by molar-refractivity contribution is 5.94. The summed E-state index contributed by atoms with van der Waals surface area (Å²) in [6, 6.07) is 16.4. The van der Waals surface area contributed by atoms with Crippen LogP contribution in [0.5, 0.6) is 0 Å². The van der Waals surface area contributed by atoms with Gasteiger partial charge in [0, 0.05) is 48.4 Å². The summed E-state index contributed by atoms with van der Waals surface area (Å²) in [4.78, 5) is 24.6. The van der Waals surface area contributed by atoms with Crippen LogP contribution in [0.2, 0.25) is 0 Å². The highest BCUT2D eigenvalue weighted by Gasteiger charge is 2.24. The van der Waals surface area contributed by atoms with Crippen molar-refractivity contribution in [2.75, 3.05) is 26.8 Å². The maximum Gasteiger partial charge on any atom is 0.273 e. The Kier molecular flexibility index (Phi) is 6.97. The number of hydrogen-bond donors (Lipinski definition) is 1. The number of hydrogen-bond acceptors (Lipinski definition) is 5. The van der Waals surface area contributed by atoms with E-state index in [1.165, 1.54) is 35.0 Å². The van der Waals surface area contributed by atoms with E-state index >= 15 is 0 Å². The van der Waals surface area contributed by atoms with Crippen LogP contribution in [-0.4, -0.2) is 48.2 Å². The van der Waals surface area contributed by atoms with Crippen LogP contribution >= 0.6 is 0 Å². The van der Waals surface area contributed by atoms with Crippen LogP contribution in [0.15, 0.2) is 53.8 Å². The van der Waals surface area contributed by atoms with Gasteiger partial charge in [0.15, 0.2) is 0 Å². The predicted molar refractivity (Wildman–Crippen MR) is 126 cm³/mol. The maximum absolute atomic E-state index is 11.8. The first-order valence-electron chi connectivity index (χ1n) is 11.1. The second-order valence-electron chi connectivity index (χ2n) is 8.43. The topological polar surface area (TPSA) is 75.9 Å². The van der Waals surface area contributed by atoms with E-state index in [0.717, 1.165) is 38.2 Å². The lowest BCUT2D eigenvalue weighted by Gasteiger charge is -2.24. The molecule has 1 fully saturated rings. The number of rotatable bonds is 9. The lowest BCUT2D eigenvalue weighted by Crippen LogP contribution is -2.35. The molecule has 3 aromatic rings. The number of nitroso groups, excluding NO2 is 1. The van der Waals surface area contributed by atoms with Gasteiger partial charge in [-0.25, -0.2) is 5.43 Å². The molecule has 32 heavy (non-hydrogen) atoms. The molecule has 2 heterocycles. The standard InChI is InChI=1S/C25H30N4O3/c1-18-23(16-19-9-11-20(12-10-19)25(30)26-27-31)22-7-3-4-8-24(22)29(18)15-14-28-13-5-6-21(28)17-32-2/h3-4,7-12,21H,5-6,13-17H2,1-2H3,(H,26,30,31)/t21-/m0/s1. The van der Waals surface area contributed by atoms with E-state index in [9.17, 15) is 9.70 Å². The number of para-hydroxylation sites is 1. The number of carbonyl (C=O) groups excluding carboxylic acids is 1. The molecule has 0 bridgehead atoms. The normalized spacial score (nSPS) is 16.5. The van der Waals surface area contributed by atoms with Crippen LogP contribution < -0.4 is 5.43 Å². The van der Waals surface area contributed by atoms with Crippen molar-refractivity contribution in [2.24, 2.45) is 5.29 Å². The van der Waals surface area contributed by atoms with Crippen molar-refractivity contribution in [3.05, 3.63) is 75.8 Å². The fourth-order valence-corrected chi connectivity index (χ4v) is 4.90. The van der Waals surface area contributed by atoms with Gasteiger partial charge in [0.05, 0.1) is 11.9 Å². The van der Waals surface area contributed by atoms with Gasteiger partial charge in [-0.3, -0.25) is 9.69 Å². The van der Waals surface area contributed by atoms with E-state index in [1.54, 1.807) is 19.2 Å². The molecule has 0 radical (unpaired) electrons. The van der Waals surface area contributed by atoms with Crippen LogP contribution in [0.3, 0.4) is 0 Å². The molecule has 2 aromatic carbocycles. The Labute approximate surface area is 188 Å². The number of benzene rings is 2. The van der Waals surface area contributed by atoms with Crippen molar-refractivity contribution in [1.29, 1.82) is 0 Å². The van der Waals surface area contributed by atoms with Gasteiger partial charge in [0.1, 0.15) is 0 Å². The van der Waals surface area contributed by atoms with Crippen LogP contribution in [-0.2, 0) is 17.7 Å². The second-order valence-corrected chi connectivity index (χ2v) is 8.43. The van der Waals surface area contributed by atoms with E-state index in [2.05, 4.69) is 45.9 Å². The minimum absolute atomic E-state index is 0.420. The SMILES string of the molecule is COC[C@@H]1CCCN1CCn1c(C)c(Cc2ccc(C(=O)NN=O)cc2)c2ccccc21. The minimum Gasteiger partial charge on any atom is -0.383 e. The number of fused-ring (bicyclic) bond motifs is 1. The third kappa shape index (κ3) is 4.59. The molecule has 0 saturated carbocycles. The molecule has 7 nitrogen and oxygen atoms in total. The molecule has 168 valence electrons. The zero-order valence-electron chi connectivity index (χ0n) is 18.7.